The monoisotopic (exact) mass is 565 g/mol. The average Bonchev–Trinajstić information content (AvgIpc) is 3.64. The Morgan fingerprint density at radius 1 is 1.17 bits per heavy atom. The van der Waals surface area contributed by atoms with Crippen LogP contribution >= 0.6 is 0 Å². The third-order valence-corrected chi connectivity index (χ3v) is 7.91. The van der Waals surface area contributed by atoms with Gasteiger partial charge in [-0.3, -0.25) is 14.4 Å². The maximum Gasteiger partial charge on any atom is 0.262 e. The number of alkyl halides is 2. The van der Waals surface area contributed by atoms with Crippen LogP contribution in [0.3, 0.4) is 0 Å². The molecule has 1 unspecified atom stereocenters. The lowest BCUT2D eigenvalue weighted by Gasteiger charge is -2.37. The molecule has 2 saturated heterocycles. The van der Waals surface area contributed by atoms with Gasteiger partial charge in [-0.25, -0.2) is 18.7 Å². The summed E-state index contributed by atoms with van der Waals surface area (Å²) in [6.45, 7) is 1.29. The van der Waals surface area contributed by atoms with E-state index in [1.54, 1.807) is 41.2 Å². The van der Waals surface area contributed by atoms with Gasteiger partial charge >= 0.3 is 0 Å². The zero-order valence-electron chi connectivity index (χ0n) is 23.2. The van der Waals surface area contributed by atoms with E-state index in [2.05, 4.69) is 35.6 Å². The first kappa shape index (κ1) is 27.1. The van der Waals surface area contributed by atoms with E-state index in [1.165, 1.54) is 7.11 Å². The fourth-order valence-corrected chi connectivity index (χ4v) is 5.88. The Morgan fingerprint density at radius 3 is 2.76 bits per heavy atom. The number of benzene rings is 1. The van der Waals surface area contributed by atoms with Crippen LogP contribution in [-0.4, -0.2) is 92.2 Å². The Bertz CT molecular complexity index is 1560. The number of likely N-dealkylation sites (tertiary alicyclic amines) is 2. The molecule has 0 saturated carbocycles. The van der Waals surface area contributed by atoms with Crippen LogP contribution in [0.2, 0.25) is 0 Å². The number of methoxy groups -OCH3 is 1. The molecular formula is C28H33F2N9O2. The number of hydrogen-bond acceptors (Lipinski definition) is 8. The van der Waals surface area contributed by atoms with E-state index in [1.807, 2.05) is 25.4 Å². The van der Waals surface area contributed by atoms with Crippen LogP contribution in [0.4, 0.5) is 26.1 Å². The van der Waals surface area contributed by atoms with Crippen molar-refractivity contribution in [1.29, 1.82) is 0 Å². The highest BCUT2D eigenvalue weighted by Crippen LogP contribution is 2.37. The maximum atomic E-state index is 14.6. The summed E-state index contributed by atoms with van der Waals surface area (Å²) < 4.78 is 36.1. The number of amides is 1. The minimum Gasteiger partial charge on any atom is -0.478 e. The van der Waals surface area contributed by atoms with E-state index in [-0.39, 0.29) is 12.6 Å². The molecule has 11 nitrogen and oxygen atoms in total. The Hall–Kier alpha value is -4.10. The number of ether oxygens (including phenoxy) is 1. The predicted molar refractivity (Wildman–Crippen MR) is 152 cm³/mol. The molecule has 1 amide bonds. The molecular weight excluding hydrogens is 532 g/mol. The number of rotatable bonds is 7. The molecule has 2 fully saturated rings. The van der Waals surface area contributed by atoms with Gasteiger partial charge in [-0.2, -0.15) is 0 Å². The van der Waals surface area contributed by atoms with Gasteiger partial charge in [0.2, 0.25) is 11.9 Å². The first-order valence-corrected chi connectivity index (χ1v) is 13.6. The first-order chi connectivity index (χ1) is 19.7. The Balaban J connectivity index is 1.24. The minimum atomic E-state index is -2.89. The van der Waals surface area contributed by atoms with Crippen molar-refractivity contribution in [2.75, 3.05) is 44.4 Å². The fourth-order valence-electron chi connectivity index (χ4n) is 5.88. The summed E-state index contributed by atoms with van der Waals surface area (Å²) in [4.78, 5) is 29.6. The number of hydrogen-bond donors (Lipinski definition) is 3. The second-order valence-corrected chi connectivity index (χ2v) is 10.8. The molecule has 6 rings (SSSR count). The van der Waals surface area contributed by atoms with Crippen molar-refractivity contribution < 1.29 is 18.3 Å². The highest BCUT2D eigenvalue weighted by molar-refractivity contribution is 6.06. The number of aromatic amines is 1. The molecule has 41 heavy (non-hydrogen) atoms. The van der Waals surface area contributed by atoms with E-state index in [9.17, 15) is 13.6 Å². The van der Waals surface area contributed by atoms with Gasteiger partial charge in [0.25, 0.3) is 11.8 Å². The third kappa shape index (κ3) is 5.46. The number of nitrogens with one attached hydrogen (secondary N) is 3. The van der Waals surface area contributed by atoms with Crippen LogP contribution in [-0.2, 0) is 11.8 Å². The van der Waals surface area contributed by atoms with Crippen LogP contribution in [0.15, 0.2) is 42.9 Å². The average molecular weight is 566 g/mol. The maximum absolute atomic E-state index is 14.6. The van der Waals surface area contributed by atoms with Gasteiger partial charge in [0.05, 0.1) is 42.8 Å². The number of halogens is 2. The predicted octanol–water partition coefficient (Wildman–Crippen LogP) is 3.85. The van der Waals surface area contributed by atoms with Crippen molar-refractivity contribution >= 4 is 34.1 Å². The van der Waals surface area contributed by atoms with Crippen molar-refractivity contribution in [2.24, 2.45) is 7.05 Å². The molecule has 0 spiro atoms. The molecule has 2 aliphatic rings. The summed E-state index contributed by atoms with van der Waals surface area (Å²) in [6, 6.07) is 6.40. The lowest BCUT2D eigenvalue weighted by molar-refractivity contribution is -0.121. The summed E-state index contributed by atoms with van der Waals surface area (Å²) in [5.74, 6) is -2.52. The van der Waals surface area contributed by atoms with Gasteiger partial charge in [0.1, 0.15) is 5.69 Å². The van der Waals surface area contributed by atoms with Crippen molar-refractivity contribution in [3.8, 4) is 17.1 Å². The number of carbonyl (C=O) groups is 1. The van der Waals surface area contributed by atoms with Crippen LogP contribution in [0, 0.1) is 0 Å². The number of piperidine rings is 1. The molecule has 0 aliphatic carbocycles. The first-order valence-electron chi connectivity index (χ1n) is 13.6. The number of anilines is 3. The standard InChI is InChI=1S/C28H33F2N9O2/c1-37-11-8-17(9-12-37)39-16-28(29,30)13-23(39)25(40)33-21-6-4-5-18-19(14-32-24(18)21)20-7-10-31-27(34-20)35-22-15-38(2)36-26(22)41-3/h4-7,10,14-15,17,23,32H,8-9,11-13,16H2,1-3H3,(H,33,40)(H,31,34,35). The highest BCUT2D eigenvalue weighted by atomic mass is 19.3. The normalized spacial score (nSPS) is 20.0. The second kappa shape index (κ2) is 10.7. The number of para-hydroxylation sites is 1. The molecule has 5 heterocycles. The summed E-state index contributed by atoms with van der Waals surface area (Å²) in [5, 5.41) is 11.1. The summed E-state index contributed by atoms with van der Waals surface area (Å²) >= 11 is 0. The Morgan fingerprint density at radius 2 is 1.98 bits per heavy atom. The topological polar surface area (TPSA) is 116 Å². The van der Waals surface area contributed by atoms with Gasteiger partial charge in [0, 0.05) is 42.9 Å². The minimum absolute atomic E-state index is 0.0320. The van der Waals surface area contributed by atoms with Crippen LogP contribution in [0.25, 0.3) is 22.2 Å². The number of aromatic nitrogens is 5. The summed E-state index contributed by atoms with van der Waals surface area (Å²) in [5.41, 5.74) is 3.31. The van der Waals surface area contributed by atoms with Crippen LogP contribution in [0.1, 0.15) is 19.3 Å². The third-order valence-electron chi connectivity index (χ3n) is 7.91. The molecule has 1 aromatic carbocycles. The van der Waals surface area contributed by atoms with Gasteiger partial charge in [-0.1, -0.05) is 12.1 Å². The smallest absolute Gasteiger partial charge is 0.262 e. The zero-order valence-corrected chi connectivity index (χ0v) is 23.2. The van der Waals surface area contributed by atoms with Crippen molar-refractivity contribution in [1.82, 2.24) is 34.5 Å². The van der Waals surface area contributed by atoms with E-state index in [0.717, 1.165) is 36.9 Å². The van der Waals surface area contributed by atoms with Crippen LogP contribution in [0.5, 0.6) is 5.88 Å². The molecule has 216 valence electrons. The number of aryl methyl sites for hydroxylation is 1. The molecule has 3 N–H and O–H groups in total. The second-order valence-electron chi connectivity index (χ2n) is 10.8. The van der Waals surface area contributed by atoms with E-state index in [0.29, 0.717) is 34.4 Å². The van der Waals surface area contributed by atoms with E-state index < -0.39 is 24.3 Å². The van der Waals surface area contributed by atoms with E-state index >= 15 is 0 Å². The van der Waals surface area contributed by atoms with Gasteiger partial charge in [-0.15, -0.1) is 5.10 Å². The fraction of sp³-hybridized carbons (Fsp3) is 0.429. The molecule has 1 atom stereocenters. The van der Waals surface area contributed by atoms with Crippen molar-refractivity contribution in [3.05, 3.63) is 42.9 Å². The lowest BCUT2D eigenvalue weighted by Crippen LogP contribution is -2.49. The Labute approximate surface area is 235 Å². The number of fused-ring (bicyclic) bond motifs is 1. The number of nitrogens with zero attached hydrogens (tertiary/aromatic N) is 6. The quantitative estimate of drug-likeness (QED) is 0.310. The lowest BCUT2D eigenvalue weighted by atomic mass is 10.0. The molecule has 13 heteroatoms. The van der Waals surface area contributed by atoms with Crippen molar-refractivity contribution in [2.45, 2.75) is 37.3 Å². The largest absolute Gasteiger partial charge is 0.478 e. The molecule has 0 radical (unpaired) electrons. The number of H-pyrrole nitrogens is 1. The van der Waals surface area contributed by atoms with Gasteiger partial charge in [-0.05, 0) is 45.1 Å². The molecule has 4 aromatic rings. The highest BCUT2D eigenvalue weighted by Gasteiger charge is 2.50. The van der Waals surface area contributed by atoms with Crippen molar-refractivity contribution in [3.63, 3.8) is 0 Å². The molecule has 0 bridgehead atoms. The summed E-state index contributed by atoms with van der Waals surface area (Å²) in [7, 11) is 5.36. The zero-order chi connectivity index (χ0) is 28.7. The summed E-state index contributed by atoms with van der Waals surface area (Å²) in [6.07, 6.45) is 6.30. The van der Waals surface area contributed by atoms with E-state index in [4.69, 9.17) is 4.74 Å². The molecule has 3 aromatic heterocycles. The van der Waals surface area contributed by atoms with Crippen LogP contribution < -0.4 is 15.4 Å². The number of carbonyl (C=O) groups excluding carboxylic acids is 1. The van der Waals surface area contributed by atoms with Gasteiger partial charge < -0.3 is 25.3 Å². The Kier molecular flexibility index (Phi) is 7.08. The molecule has 2 aliphatic heterocycles. The SMILES string of the molecule is COc1nn(C)cc1Nc1nccc(-c2c[nH]c3c(NC(=O)C4CC(F)(F)CN4C4CCN(C)CC4)cccc23)n1. The van der Waals surface area contributed by atoms with Gasteiger partial charge in [0.15, 0.2) is 0 Å².